The van der Waals surface area contributed by atoms with Crippen LogP contribution in [0.15, 0.2) is 0 Å². The van der Waals surface area contributed by atoms with Gasteiger partial charge in [0, 0.05) is 27.7 Å². The molecule has 9 rings (SSSR count). The molecule has 9 saturated heterocycles. The lowest BCUT2D eigenvalue weighted by atomic mass is 9.93. The van der Waals surface area contributed by atoms with Crippen molar-refractivity contribution < 1.29 is 222 Å². The standard InChI is InChI=1S/C61H102N4O45/c1-14(73)62-27-38(85)32(79)19(5-66)97-54(27)108-50-42(89)35(82)22(8-69)100-59(50)95-13-26-37(84)49(107-60-51(43(90)36(83)23(9-70)101-60)109-55-28(63-15(2)74)39(86)33(80)20(6-67)98-55)52(110-57-44(91)31(78)18(77)12-94-57)61(103-26)104-46-24(10-71)102-56(29(40(46)87)64-16(3)75)105-47-25(11-72)96-53(93)30(65-17(4)76)48(47)106-58-45(92)41(88)34(81)21(7-68)99-58/h18-61,66-72,77-93H,5-13H2,1-4H3,(H,62,73)(H,63,74)(H,64,75)(H,65,76)/t18-,19-,20-,21-,22-,23-,24-,25-,26-,27-,28-,29-,30-,31+,32-,33-,34+,35-,36-,37-,38-,39-,40-,41+,42+,43+,44-,45-,46-,47-,48-,49+,50+,51+,52+,53-,54+,55+,56+,57+,58-,59+,60-,61+/m1/s1. The Balaban J connectivity index is 1.14. The summed E-state index contributed by atoms with van der Waals surface area (Å²) in [6.07, 6.45) is -84.9. The van der Waals surface area contributed by atoms with Crippen LogP contribution in [0.5, 0.6) is 0 Å². The number of hydrogen-bond donors (Lipinski definition) is 28. The van der Waals surface area contributed by atoms with Crippen molar-refractivity contribution in [1.82, 2.24) is 21.3 Å². The van der Waals surface area contributed by atoms with E-state index in [1.807, 2.05) is 0 Å². The Bertz CT molecular complexity index is 2920. The third-order valence-corrected chi connectivity index (χ3v) is 20.0. The van der Waals surface area contributed by atoms with Crippen molar-refractivity contribution in [2.75, 3.05) is 59.5 Å². The zero-order chi connectivity index (χ0) is 80.9. The van der Waals surface area contributed by atoms with Crippen LogP contribution in [-0.4, -0.2) is 476 Å². The first-order valence-corrected chi connectivity index (χ1v) is 35.0. The van der Waals surface area contributed by atoms with E-state index in [1.165, 1.54) is 0 Å². The maximum absolute atomic E-state index is 13.4. The molecule has 0 bridgehead atoms. The molecule has 0 aromatic carbocycles. The summed E-state index contributed by atoms with van der Waals surface area (Å²) in [5.74, 6) is -3.67. The maximum Gasteiger partial charge on any atom is 0.217 e. The molecule has 110 heavy (non-hydrogen) atoms. The molecule has 0 aromatic rings. The zero-order valence-electron chi connectivity index (χ0n) is 59.1. The average molecular weight is 1610 g/mol. The van der Waals surface area contributed by atoms with Crippen LogP contribution in [0.1, 0.15) is 27.7 Å². The van der Waals surface area contributed by atoms with Gasteiger partial charge in [-0.25, -0.2) is 0 Å². The first-order chi connectivity index (χ1) is 52.1. The second-order valence-corrected chi connectivity index (χ2v) is 27.7. The summed E-state index contributed by atoms with van der Waals surface area (Å²) in [7, 11) is 0. The fraction of sp³-hybridized carbons (Fsp3) is 0.934. The Morgan fingerprint density at radius 3 is 1.07 bits per heavy atom. The Morgan fingerprint density at radius 2 is 0.600 bits per heavy atom. The first-order valence-electron chi connectivity index (χ1n) is 35.0. The van der Waals surface area contributed by atoms with Crippen molar-refractivity contribution in [2.45, 2.75) is 298 Å². The second-order valence-electron chi connectivity index (χ2n) is 27.7. The lowest BCUT2D eigenvalue weighted by Gasteiger charge is -2.52. The Kier molecular flexibility index (Phi) is 32.3. The van der Waals surface area contributed by atoms with Gasteiger partial charge in [-0.1, -0.05) is 0 Å². The minimum absolute atomic E-state index is 0.857. The number of carbonyl (C=O) groups excluding carboxylic acids is 4. The highest BCUT2D eigenvalue weighted by atomic mass is 16.8. The largest absolute Gasteiger partial charge is 0.394 e. The fourth-order valence-corrected chi connectivity index (χ4v) is 14.1. The number of hydrogen-bond acceptors (Lipinski definition) is 45. The molecule has 9 aliphatic heterocycles. The summed E-state index contributed by atoms with van der Waals surface area (Å²) in [5, 5.41) is 276. The number of rotatable bonds is 28. The molecule has 0 radical (unpaired) electrons. The van der Waals surface area contributed by atoms with Crippen molar-refractivity contribution >= 4 is 23.6 Å². The summed E-state index contributed by atoms with van der Waals surface area (Å²) in [5.41, 5.74) is 0. The molecule has 0 aromatic heterocycles. The summed E-state index contributed by atoms with van der Waals surface area (Å²) in [6.45, 7) is -6.02. The van der Waals surface area contributed by atoms with Gasteiger partial charge in [-0.2, -0.15) is 0 Å². The second kappa shape index (κ2) is 39.5. The predicted molar refractivity (Wildman–Crippen MR) is 337 cm³/mol. The van der Waals surface area contributed by atoms with Gasteiger partial charge in [0.05, 0.1) is 59.5 Å². The first kappa shape index (κ1) is 90.2. The maximum atomic E-state index is 13.4. The SMILES string of the molecule is CC(=O)N[C@@H]1[C@@H](O[C@H]2O[C@H](CO)[C@H](O)[C@H](O)[C@H]2O)[C@H](O[C@@H]2O[C@H](CO)[C@@H](O[C@@H]3O[C@H](CO[C@H]4O[C@H](CO)[C@@H](O)[C@H](O)[C@@H]4O[C@@H]4O[C@H](CO)[C@@H](O)[C@H](O)[C@H]4NC(C)=O)[C@@H](O)[C@H](O[C@H]4O[C@H](CO)[C@@H](O)[C@H](O)[C@@H]4O[C@@H]4O[C@H](CO)[C@@H](O)[C@H](O)[C@H]4NC(C)=O)[C@@H]3O[C@@H]3OC[C@@H](O)[C@H](O)[C@H]3O)[C@H](O)[C@H]2NC(C)=O)[C@@H](CO)O[C@H]1O. The topological polar surface area (TPSA) is 759 Å². The predicted octanol–water partition coefficient (Wildman–Crippen LogP) is -19.4. The number of aliphatic hydroxyl groups excluding tert-OH is 24. The number of ether oxygens (including phenoxy) is 17. The van der Waals surface area contributed by atoms with E-state index in [0.29, 0.717) is 0 Å². The van der Waals surface area contributed by atoms with Crippen molar-refractivity contribution in [2.24, 2.45) is 0 Å². The van der Waals surface area contributed by atoms with Gasteiger partial charge in [-0.15, -0.1) is 0 Å². The smallest absolute Gasteiger partial charge is 0.217 e. The van der Waals surface area contributed by atoms with Crippen LogP contribution in [0.25, 0.3) is 0 Å². The molecule has 4 amide bonds. The third kappa shape index (κ3) is 19.9. The van der Waals surface area contributed by atoms with Crippen molar-refractivity contribution in [3.63, 3.8) is 0 Å². The van der Waals surface area contributed by atoms with Crippen LogP contribution in [0.2, 0.25) is 0 Å². The molecule has 49 nitrogen and oxygen atoms in total. The highest BCUT2D eigenvalue weighted by molar-refractivity contribution is 5.74. The van der Waals surface area contributed by atoms with Gasteiger partial charge in [0.25, 0.3) is 0 Å². The van der Waals surface area contributed by atoms with Crippen molar-refractivity contribution in [1.29, 1.82) is 0 Å². The van der Waals surface area contributed by atoms with Crippen LogP contribution in [-0.2, 0) is 99.7 Å². The molecule has 636 valence electrons. The van der Waals surface area contributed by atoms with E-state index in [-0.39, 0.29) is 0 Å². The van der Waals surface area contributed by atoms with Crippen molar-refractivity contribution in [3.05, 3.63) is 0 Å². The Morgan fingerprint density at radius 1 is 0.273 bits per heavy atom. The van der Waals surface area contributed by atoms with Gasteiger partial charge in [0.2, 0.25) is 23.6 Å². The Labute approximate surface area is 622 Å². The summed E-state index contributed by atoms with van der Waals surface area (Å²) < 4.78 is 103. The van der Waals surface area contributed by atoms with E-state index in [4.69, 9.17) is 80.5 Å². The van der Waals surface area contributed by atoms with E-state index in [9.17, 15) is 142 Å². The molecule has 9 fully saturated rings. The Hall–Kier alpha value is -3.76. The monoisotopic (exact) mass is 1610 g/mol. The van der Waals surface area contributed by atoms with Gasteiger partial charge in [-0.05, 0) is 0 Å². The normalized spacial score (nSPS) is 48.9. The number of carbonyl (C=O) groups is 4. The average Bonchev–Trinajstić information content (AvgIpc) is 0.759. The van der Waals surface area contributed by atoms with Crippen LogP contribution in [0, 0.1) is 0 Å². The highest BCUT2D eigenvalue weighted by Gasteiger charge is 2.62. The van der Waals surface area contributed by atoms with Crippen LogP contribution >= 0.6 is 0 Å². The van der Waals surface area contributed by atoms with Gasteiger partial charge < -0.3 is 224 Å². The molecular formula is C61H102N4O45. The summed E-state index contributed by atoms with van der Waals surface area (Å²) >= 11 is 0. The zero-order valence-corrected chi connectivity index (χ0v) is 59.1. The highest BCUT2D eigenvalue weighted by Crippen LogP contribution is 2.41. The molecular weight excluding hydrogens is 1510 g/mol. The van der Waals surface area contributed by atoms with Gasteiger partial charge in [-0.3, -0.25) is 19.2 Å². The molecule has 44 atom stereocenters. The fourth-order valence-electron chi connectivity index (χ4n) is 14.1. The van der Waals surface area contributed by atoms with Gasteiger partial charge >= 0.3 is 0 Å². The van der Waals surface area contributed by atoms with Gasteiger partial charge in [0.15, 0.2) is 56.6 Å². The number of aliphatic hydroxyl groups is 24. The van der Waals surface area contributed by atoms with E-state index in [2.05, 4.69) is 21.3 Å². The van der Waals surface area contributed by atoms with E-state index in [1.54, 1.807) is 0 Å². The minimum atomic E-state index is -2.54. The molecule has 9 heterocycles. The van der Waals surface area contributed by atoms with E-state index < -0.39 is 353 Å². The summed E-state index contributed by atoms with van der Waals surface area (Å²) in [6, 6.07) is -7.51. The van der Waals surface area contributed by atoms with Crippen LogP contribution in [0.4, 0.5) is 0 Å². The lowest BCUT2D eigenvalue weighted by Crippen LogP contribution is -2.72. The summed E-state index contributed by atoms with van der Waals surface area (Å²) in [4.78, 5) is 51.3. The molecule has 0 spiro atoms. The number of nitrogens with one attached hydrogen (secondary N) is 4. The molecule has 0 aliphatic carbocycles. The van der Waals surface area contributed by atoms with E-state index >= 15 is 0 Å². The van der Waals surface area contributed by atoms with Crippen LogP contribution < -0.4 is 21.3 Å². The molecule has 0 unspecified atom stereocenters. The molecule has 28 N–H and O–H groups in total. The van der Waals surface area contributed by atoms with Crippen LogP contribution in [0.3, 0.4) is 0 Å². The van der Waals surface area contributed by atoms with E-state index in [0.717, 1.165) is 27.7 Å². The molecule has 0 saturated carbocycles. The quantitative estimate of drug-likeness (QED) is 0.0346. The van der Waals surface area contributed by atoms with Gasteiger partial charge in [0.1, 0.15) is 213 Å². The molecule has 9 aliphatic rings. The molecule has 49 heteroatoms. The van der Waals surface area contributed by atoms with Crippen molar-refractivity contribution in [3.8, 4) is 0 Å². The lowest BCUT2D eigenvalue weighted by molar-refractivity contribution is -0.411. The third-order valence-electron chi connectivity index (χ3n) is 20.0. The number of amides is 4. The minimum Gasteiger partial charge on any atom is -0.394 e.